The second-order valence-electron chi connectivity index (χ2n) is 7.98. The number of hydrogen-bond acceptors (Lipinski definition) is 5. The van der Waals surface area contributed by atoms with Crippen LogP contribution in [0.1, 0.15) is 33.1 Å². The van der Waals surface area contributed by atoms with Gasteiger partial charge in [-0.15, -0.1) is 0 Å². The summed E-state index contributed by atoms with van der Waals surface area (Å²) in [4.78, 5) is 24.2. The van der Waals surface area contributed by atoms with Gasteiger partial charge in [-0.2, -0.15) is 5.26 Å². The van der Waals surface area contributed by atoms with E-state index in [4.69, 9.17) is 4.74 Å². The van der Waals surface area contributed by atoms with E-state index in [0.29, 0.717) is 18.4 Å². The number of cyclic esters (lactones) is 1. The van der Waals surface area contributed by atoms with Crippen LogP contribution in [0.5, 0.6) is 0 Å². The molecular formula is C19H21NO3S. The number of carbonyl (C=O) groups is 2. The standard InChI is InChI=1S/C19H21NO3S/c1-18-5-3-11(21)7-14(18)16(24-10-20)8-12-13(18)4-6-19(2)15(12)9-23-17(19)22/h3,5,7,12-13,15-16H,4,6,8-9H2,1-2H3/t12-,13+,15+,16-,18-,19+/m1/s1. The van der Waals surface area contributed by atoms with E-state index >= 15 is 0 Å². The molecule has 4 aliphatic rings. The SMILES string of the molecule is C[C@]12C=CC(=O)C=C1[C@H](SC#N)C[C@@H]1[C@@H]2CC[C@]2(C)C(=O)OC[C@@H]12. The summed E-state index contributed by atoms with van der Waals surface area (Å²) in [6, 6.07) is 0. The summed E-state index contributed by atoms with van der Waals surface area (Å²) in [5, 5.41) is 11.5. The zero-order valence-corrected chi connectivity index (χ0v) is 14.8. The molecule has 3 fully saturated rings. The van der Waals surface area contributed by atoms with Crippen molar-refractivity contribution in [2.75, 3.05) is 6.61 Å². The second-order valence-corrected chi connectivity index (χ2v) is 8.97. The molecule has 2 saturated carbocycles. The summed E-state index contributed by atoms with van der Waals surface area (Å²) in [5.74, 6) is 0.924. The van der Waals surface area contributed by atoms with Crippen molar-refractivity contribution in [3.8, 4) is 5.40 Å². The van der Waals surface area contributed by atoms with E-state index in [1.165, 1.54) is 11.8 Å². The largest absolute Gasteiger partial charge is 0.465 e. The molecular weight excluding hydrogens is 322 g/mol. The van der Waals surface area contributed by atoms with Crippen molar-refractivity contribution >= 4 is 23.5 Å². The molecule has 0 bridgehead atoms. The molecule has 126 valence electrons. The van der Waals surface area contributed by atoms with Crippen molar-refractivity contribution in [1.82, 2.24) is 0 Å². The van der Waals surface area contributed by atoms with Crippen molar-refractivity contribution in [2.24, 2.45) is 28.6 Å². The van der Waals surface area contributed by atoms with Gasteiger partial charge in [0.05, 0.1) is 12.0 Å². The predicted octanol–water partition coefficient (Wildman–Crippen LogP) is 3.25. The first-order valence-corrected chi connectivity index (χ1v) is 9.45. The van der Waals surface area contributed by atoms with E-state index in [1.54, 1.807) is 12.2 Å². The van der Waals surface area contributed by atoms with Crippen molar-refractivity contribution in [2.45, 2.75) is 38.4 Å². The Morgan fingerprint density at radius 3 is 2.88 bits per heavy atom. The summed E-state index contributed by atoms with van der Waals surface area (Å²) in [6.45, 7) is 4.74. The van der Waals surface area contributed by atoms with E-state index in [9.17, 15) is 14.9 Å². The highest BCUT2D eigenvalue weighted by Crippen LogP contribution is 2.63. The van der Waals surface area contributed by atoms with Crippen LogP contribution in [0.25, 0.3) is 0 Å². The number of ether oxygens (including phenoxy) is 1. The van der Waals surface area contributed by atoms with Crippen molar-refractivity contribution in [3.63, 3.8) is 0 Å². The number of thioether (sulfide) groups is 1. The minimum atomic E-state index is -0.380. The normalized spacial score (nSPS) is 46.3. The molecule has 24 heavy (non-hydrogen) atoms. The van der Waals surface area contributed by atoms with Gasteiger partial charge in [0.25, 0.3) is 0 Å². The van der Waals surface area contributed by atoms with Crippen LogP contribution < -0.4 is 0 Å². The lowest BCUT2D eigenvalue weighted by Crippen LogP contribution is -2.53. The van der Waals surface area contributed by atoms with Crippen molar-refractivity contribution < 1.29 is 14.3 Å². The summed E-state index contributed by atoms with van der Waals surface area (Å²) in [6.07, 6.45) is 8.12. The number of allylic oxidation sites excluding steroid dienone is 3. The molecule has 4 nitrogen and oxygen atoms in total. The van der Waals surface area contributed by atoms with Crippen LogP contribution in [-0.2, 0) is 14.3 Å². The van der Waals surface area contributed by atoms with Crippen LogP contribution in [0.4, 0.5) is 0 Å². The molecule has 1 heterocycles. The van der Waals surface area contributed by atoms with Gasteiger partial charge in [-0.05, 0) is 67.5 Å². The Hall–Kier alpha value is -1.54. The highest BCUT2D eigenvalue weighted by atomic mass is 32.2. The number of nitrogens with zero attached hydrogens (tertiary/aromatic N) is 1. The van der Waals surface area contributed by atoms with E-state index < -0.39 is 0 Å². The van der Waals surface area contributed by atoms with Gasteiger partial charge in [0.15, 0.2) is 5.78 Å². The molecule has 0 aromatic heterocycles. The number of thiocyanates is 1. The lowest BCUT2D eigenvalue weighted by Gasteiger charge is -2.56. The van der Waals surface area contributed by atoms with E-state index in [2.05, 4.69) is 12.3 Å². The molecule has 0 amide bonds. The van der Waals surface area contributed by atoms with Gasteiger partial charge < -0.3 is 4.74 Å². The van der Waals surface area contributed by atoms with Crippen LogP contribution in [0.3, 0.4) is 0 Å². The predicted molar refractivity (Wildman–Crippen MR) is 90.7 cm³/mol. The number of ketones is 1. The minimum absolute atomic E-state index is 0.0180. The molecule has 0 radical (unpaired) electrons. The number of carbonyl (C=O) groups excluding carboxylic acids is 2. The molecule has 0 spiro atoms. The summed E-state index contributed by atoms with van der Waals surface area (Å²) in [7, 11) is 0. The number of fused-ring (bicyclic) bond motifs is 5. The zero-order chi connectivity index (χ0) is 17.1. The van der Waals surface area contributed by atoms with Crippen LogP contribution in [-0.4, -0.2) is 23.6 Å². The van der Waals surface area contributed by atoms with Gasteiger partial charge in [-0.25, -0.2) is 0 Å². The van der Waals surface area contributed by atoms with E-state index in [-0.39, 0.29) is 33.8 Å². The fraction of sp³-hybridized carbons (Fsp3) is 0.632. The van der Waals surface area contributed by atoms with Gasteiger partial charge in [-0.3, -0.25) is 9.59 Å². The molecule has 0 aromatic rings. The molecule has 0 aromatic carbocycles. The van der Waals surface area contributed by atoms with Crippen LogP contribution in [0, 0.1) is 39.2 Å². The van der Waals surface area contributed by atoms with Crippen molar-refractivity contribution in [1.29, 1.82) is 5.26 Å². The Kier molecular flexibility index (Phi) is 3.47. The lowest BCUT2D eigenvalue weighted by atomic mass is 9.48. The fourth-order valence-corrected chi connectivity index (χ4v) is 6.50. The van der Waals surface area contributed by atoms with Gasteiger partial charge in [0, 0.05) is 16.6 Å². The highest BCUT2D eigenvalue weighted by molar-refractivity contribution is 8.04. The quantitative estimate of drug-likeness (QED) is 0.540. The smallest absolute Gasteiger partial charge is 0.312 e. The molecule has 3 aliphatic carbocycles. The zero-order valence-electron chi connectivity index (χ0n) is 14.0. The first-order valence-electron chi connectivity index (χ1n) is 8.57. The number of rotatable bonds is 1. The fourth-order valence-electron chi connectivity index (χ4n) is 5.61. The Bertz CT molecular complexity index is 721. The minimum Gasteiger partial charge on any atom is -0.465 e. The molecule has 1 saturated heterocycles. The first kappa shape index (κ1) is 16.0. The van der Waals surface area contributed by atoms with Gasteiger partial charge >= 0.3 is 5.97 Å². The lowest BCUT2D eigenvalue weighted by molar-refractivity contribution is -0.148. The number of hydrogen-bond donors (Lipinski definition) is 0. The Morgan fingerprint density at radius 2 is 2.12 bits per heavy atom. The van der Waals surface area contributed by atoms with Gasteiger partial charge in [0.2, 0.25) is 0 Å². The molecule has 5 heteroatoms. The van der Waals surface area contributed by atoms with Crippen LogP contribution in [0.15, 0.2) is 23.8 Å². The molecule has 6 atom stereocenters. The van der Waals surface area contributed by atoms with E-state index in [1.807, 2.05) is 13.0 Å². The summed E-state index contributed by atoms with van der Waals surface area (Å²) in [5.41, 5.74) is 0.518. The Balaban J connectivity index is 1.77. The summed E-state index contributed by atoms with van der Waals surface area (Å²) >= 11 is 1.25. The van der Waals surface area contributed by atoms with Crippen LogP contribution >= 0.6 is 11.8 Å². The maximum Gasteiger partial charge on any atom is 0.312 e. The third-order valence-electron chi connectivity index (χ3n) is 7.00. The average molecular weight is 343 g/mol. The maximum atomic E-state index is 12.3. The molecule has 4 rings (SSSR count). The Morgan fingerprint density at radius 1 is 1.33 bits per heavy atom. The second kappa shape index (κ2) is 5.23. The van der Waals surface area contributed by atoms with Gasteiger partial charge in [0.1, 0.15) is 5.40 Å². The maximum absolute atomic E-state index is 12.3. The average Bonchev–Trinajstić information content (AvgIpc) is 2.85. The van der Waals surface area contributed by atoms with Gasteiger partial charge in [-0.1, -0.05) is 13.0 Å². The number of nitriles is 1. The summed E-state index contributed by atoms with van der Waals surface area (Å²) < 4.78 is 5.44. The molecule has 0 N–H and O–H groups in total. The van der Waals surface area contributed by atoms with Crippen molar-refractivity contribution in [3.05, 3.63) is 23.8 Å². The van der Waals surface area contributed by atoms with Crippen LogP contribution in [0.2, 0.25) is 0 Å². The third-order valence-corrected chi connectivity index (χ3v) is 7.84. The highest BCUT2D eigenvalue weighted by Gasteiger charge is 2.61. The number of esters is 1. The third kappa shape index (κ3) is 1.99. The Labute approximate surface area is 146 Å². The topological polar surface area (TPSA) is 67.2 Å². The van der Waals surface area contributed by atoms with E-state index in [0.717, 1.165) is 24.8 Å². The molecule has 0 unspecified atom stereocenters. The molecule has 1 aliphatic heterocycles. The monoisotopic (exact) mass is 343 g/mol. The first-order chi connectivity index (χ1) is 11.4.